The summed E-state index contributed by atoms with van der Waals surface area (Å²) in [6.45, 7) is 4.13. The lowest BCUT2D eigenvalue weighted by Crippen LogP contribution is -2.00. The van der Waals surface area contributed by atoms with Crippen molar-refractivity contribution in [1.82, 2.24) is 10.2 Å². The van der Waals surface area contributed by atoms with Crippen LogP contribution in [0.4, 0.5) is 0 Å². The van der Waals surface area contributed by atoms with E-state index in [0.29, 0.717) is 11.8 Å². The molecule has 0 spiro atoms. The van der Waals surface area contributed by atoms with Crippen LogP contribution in [0.2, 0.25) is 0 Å². The number of hydrogen-bond acceptors (Lipinski definition) is 3. The number of aromatic nitrogens is 2. The minimum absolute atomic E-state index is 0.489. The molecule has 1 aromatic heterocycles. The van der Waals surface area contributed by atoms with Crippen molar-refractivity contribution >= 4 is 34.1 Å². The lowest BCUT2D eigenvalue weighted by molar-refractivity contribution is 0.757. The SMILES string of the molecule is Cc1nnc(SCC(C)CCl)c2ccccc12. The molecule has 1 unspecified atom stereocenters. The highest BCUT2D eigenvalue weighted by Gasteiger charge is 2.08. The van der Waals surface area contributed by atoms with Gasteiger partial charge in [0.15, 0.2) is 0 Å². The van der Waals surface area contributed by atoms with Crippen LogP contribution in [0.5, 0.6) is 0 Å². The first kappa shape index (κ1) is 12.7. The molecule has 1 aromatic carbocycles. The van der Waals surface area contributed by atoms with E-state index in [1.165, 1.54) is 10.8 Å². The summed E-state index contributed by atoms with van der Waals surface area (Å²) in [5.74, 6) is 2.15. The molecule has 4 heteroatoms. The third kappa shape index (κ3) is 2.90. The first-order valence-electron chi connectivity index (χ1n) is 5.63. The van der Waals surface area contributed by atoms with E-state index in [1.54, 1.807) is 11.8 Å². The van der Waals surface area contributed by atoms with Gasteiger partial charge in [0, 0.05) is 22.4 Å². The standard InChI is InChI=1S/C13H15ClN2S/c1-9(7-14)8-17-13-12-6-4-3-5-11(12)10(2)15-16-13/h3-6,9H,7-8H2,1-2H3. The van der Waals surface area contributed by atoms with Crippen molar-refractivity contribution in [3.8, 4) is 0 Å². The maximum Gasteiger partial charge on any atom is 0.127 e. The lowest BCUT2D eigenvalue weighted by Gasteiger charge is -2.08. The van der Waals surface area contributed by atoms with Crippen LogP contribution in [0.3, 0.4) is 0 Å². The van der Waals surface area contributed by atoms with E-state index in [4.69, 9.17) is 11.6 Å². The molecule has 0 bridgehead atoms. The number of benzene rings is 1. The molecule has 0 radical (unpaired) electrons. The zero-order chi connectivity index (χ0) is 12.3. The zero-order valence-corrected chi connectivity index (χ0v) is 11.6. The Morgan fingerprint density at radius 3 is 2.65 bits per heavy atom. The number of rotatable bonds is 4. The Balaban J connectivity index is 2.32. The summed E-state index contributed by atoms with van der Waals surface area (Å²) < 4.78 is 0. The number of halogens is 1. The summed E-state index contributed by atoms with van der Waals surface area (Å²) >= 11 is 7.55. The highest BCUT2D eigenvalue weighted by molar-refractivity contribution is 7.99. The fraction of sp³-hybridized carbons (Fsp3) is 0.385. The van der Waals surface area contributed by atoms with Crippen molar-refractivity contribution in [2.45, 2.75) is 18.9 Å². The van der Waals surface area contributed by atoms with Crippen LogP contribution < -0.4 is 0 Å². The topological polar surface area (TPSA) is 25.8 Å². The second kappa shape index (κ2) is 5.69. The van der Waals surface area contributed by atoms with E-state index in [2.05, 4.69) is 29.3 Å². The number of aryl methyl sites for hydroxylation is 1. The second-order valence-corrected chi connectivity index (χ2v) is 5.52. The molecule has 0 aliphatic carbocycles. The molecule has 0 fully saturated rings. The van der Waals surface area contributed by atoms with Gasteiger partial charge in [0.05, 0.1) is 5.69 Å². The third-order valence-corrected chi connectivity index (χ3v) is 4.44. The van der Waals surface area contributed by atoms with Crippen LogP contribution in [-0.4, -0.2) is 21.8 Å². The van der Waals surface area contributed by atoms with Crippen molar-refractivity contribution in [1.29, 1.82) is 0 Å². The first-order valence-corrected chi connectivity index (χ1v) is 7.15. The molecular weight excluding hydrogens is 252 g/mol. The minimum atomic E-state index is 0.489. The monoisotopic (exact) mass is 266 g/mol. The van der Waals surface area contributed by atoms with Gasteiger partial charge in [0.1, 0.15) is 5.03 Å². The maximum atomic E-state index is 5.81. The van der Waals surface area contributed by atoms with Crippen molar-refractivity contribution < 1.29 is 0 Å². The summed E-state index contributed by atoms with van der Waals surface area (Å²) in [4.78, 5) is 0. The molecule has 0 N–H and O–H groups in total. The predicted octanol–water partition coefficient (Wildman–Crippen LogP) is 3.91. The highest BCUT2D eigenvalue weighted by atomic mass is 35.5. The van der Waals surface area contributed by atoms with Gasteiger partial charge in [0.2, 0.25) is 0 Å². The van der Waals surface area contributed by atoms with Crippen molar-refractivity contribution in [2.75, 3.05) is 11.6 Å². The van der Waals surface area contributed by atoms with E-state index < -0.39 is 0 Å². The number of fused-ring (bicyclic) bond motifs is 1. The van der Waals surface area contributed by atoms with Crippen molar-refractivity contribution in [2.24, 2.45) is 5.92 Å². The van der Waals surface area contributed by atoms with Gasteiger partial charge >= 0.3 is 0 Å². The molecule has 0 amide bonds. The summed E-state index contributed by atoms with van der Waals surface area (Å²) in [6, 6.07) is 8.27. The molecule has 2 aromatic rings. The molecule has 2 rings (SSSR count). The Kier molecular flexibility index (Phi) is 4.24. The Bertz CT molecular complexity index is 516. The van der Waals surface area contributed by atoms with Gasteiger partial charge in [-0.3, -0.25) is 0 Å². The van der Waals surface area contributed by atoms with E-state index in [0.717, 1.165) is 16.5 Å². The Hall–Kier alpha value is -0.800. The van der Waals surface area contributed by atoms with Gasteiger partial charge in [-0.05, 0) is 12.8 Å². The molecule has 1 heterocycles. The molecule has 0 saturated carbocycles. The highest BCUT2D eigenvalue weighted by Crippen LogP contribution is 2.27. The number of alkyl halides is 1. The van der Waals surface area contributed by atoms with Gasteiger partial charge in [0.25, 0.3) is 0 Å². The average molecular weight is 267 g/mol. The number of nitrogens with zero attached hydrogens (tertiary/aromatic N) is 2. The number of hydrogen-bond donors (Lipinski definition) is 0. The predicted molar refractivity (Wildman–Crippen MR) is 74.9 cm³/mol. The smallest absolute Gasteiger partial charge is 0.127 e. The molecule has 0 aliphatic rings. The van der Waals surface area contributed by atoms with E-state index in [1.807, 2.05) is 19.1 Å². The quantitative estimate of drug-likeness (QED) is 0.620. The van der Waals surface area contributed by atoms with Gasteiger partial charge in [-0.25, -0.2) is 0 Å². The van der Waals surface area contributed by atoms with Crippen LogP contribution in [0.15, 0.2) is 29.3 Å². The van der Waals surface area contributed by atoms with Crippen molar-refractivity contribution in [3.63, 3.8) is 0 Å². The summed E-state index contributed by atoms with van der Waals surface area (Å²) in [5, 5.41) is 11.9. The van der Waals surface area contributed by atoms with Crippen LogP contribution in [0.1, 0.15) is 12.6 Å². The zero-order valence-electron chi connectivity index (χ0n) is 9.98. The van der Waals surface area contributed by atoms with Gasteiger partial charge in [-0.15, -0.1) is 28.5 Å². The molecule has 0 saturated heterocycles. The summed E-state index contributed by atoms with van der Waals surface area (Å²) in [6.07, 6.45) is 0. The van der Waals surface area contributed by atoms with Crippen LogP contribution >= 0.6 is 23.4 Å². The third-order valence-electron chi connectivity index (χ3n) is 2.61. The number of thioether (sulfide) groups is 1. The molecule has 0 aliphatic heterocycles. The van der Waals surface area contributed by atoms with E-state index in [9.17, 15) is 0 Å². The Labute approximate surface area is 111 Å². The second-order valence-electron chi connectivity index (χ2n) is 4.21. The lowest BCUT2D eigenvalue weighted by atomic mass is 10.1. The van der Waals surface area contributed by atoms with Gasteiger partial charge < -0.3 is 0 Å². The molecule has 2 nitrogen and oxygen atoms in total. The Morgan fingerprint density at radius 1 is 1.24 bits per heavy atom. The normalized spacial score (nSPS) is 12.9. The summed E-state index contributed by atoms with van der Waals surface area (Å²) in [5.41, 5.74) is 0.982. The first-order chi connectivity index (χ1) is 8.22. The molecular formula is C13H15ClN2S. The summed E-state index contributed by atoms with van der Waals surface area (Å²) in [7, 11) is 0. The minimum Gasteiger partial charge on any atom is -0.154 e. The van der Waals surface area contributed by atoms with Crippen molar-refractivity contribution in [3.05, 3.63) is 30.0 Å². The van der Waals surface area contributed by atoms with Crippen LogP contribution in [-0.2, 0) is 0 Å². The van der Waals surface area contributed by atoms with Gasteiger partial charge in [-0.2, -0.15) is 5.10 Å². The molecule has 1 atom stereocenters. The average Bonchev–Trinajstić information content (AvgIpc) is 2.38. The van der Waals surface area contributed by atoms with E-state index >= 15 is 0 Å². The van der Waals surface area contributed by atoms with Crippen LogP contribution in [0, 0.1) is 12.8 Å². The molecule has 17 heavy (non-hydrogen) atoms. The maximum absolute atomic E-state index is 5.81. The van der Waals surface area contributed by atoms with Gasteiger partial charge in [-0.1, -0.05) is 31.2 Å². The fourth-order valence-electron chi connectivity index (χ4n) is 1.59. The fourth-order valence-corrected chi connectivity index (χ4v) is 2.82. The van der Waals surface area contributed by atoms with Crippen LogP contribution in [0.25, 0.3) is 10.8 Å². The molecule has 90 valence electrons. The van der Waals surface area contributed by atoms with E-state index in [-0.39, 0.29) is 0 Å². The largest absolute Gasteiger partial charge is 0.154 e. The Morgan fingerprint density at radius 2 is 1.94 bits per heavy atom.